The summed E-state index contributed by atoms with van der Waals surface area (Å²) in [5.74, 6) is -0.785. The summed E-state index contributed by atoms with van der Waals surface area (Å²) >= 11 is 0. The Labute approximate surface area is 109 Å². The van der Waals surface area contributed by atoms with E-state index in [-0.39, 0.29) is 5.82 Å². The van der Waals surface area contributed by atoms with Crippen LogP contribution in [0.15, 0.2) is 36.0 Å². The molecule has 1 fully saturated rings. The first kappa shape index (κ1) is 12.1. The highest BCUT2D eigenvalue weighted by Gasteiger charge is 2.36. The van der Waals surface area contributed by atoms with Crippen LogP contribution in [0, 0.1) is 5.82 Å². The maximum absolute atomic E-state index is 13.8. The third kappa shape index (κ3) is 2.09. The average Bonchev–Trinajstić information content (AvgIpc) is 2.83. The second kappa shape index (κ2) is 4.64. The number of nitrogens with zero attached hydrogens (tertiary/aromatic N) is 1. The van der Waals surface area contributed by atoms with Crippen LogP contribution in [0.4, 0.5) is 4.39 Å². The number of rotatable bonds is 2. The number of nitrogens with one attached hydrogen (secondary N) is 1. The van der Waals surface area contributed by atoms with E-state index >= 15 is 0 Å². The number of halogens is 1. The number of nitrogens with two attached hydrogens (primary N) is 1. The maximum atomic E-state index is 13.8. The van der Waals surface area contributed by atoms with Gasteiger partial charge in [0.25, 0.3) is 0 Å². The molecule has 0 aliphatic carbocycles. The number of carbonyl (C=O) groups is 1. The second-order valence-corrected chi connectivity index (χ2v) is 4.52. The number of carbonyl (C=O) groups excluding carboxylic acids is 1. The Balaban J connectivity index is 1.96. The molecule has 2 heterocycles. The zero-order chi connectivity index (χ0) is 13.4. The highest BCUT2D eigenvalue weighted by atomic mass is 19.1. The van der Waals surface area contributed by atoms with E-state index in [0.717, 1.165) is 5.70 Å². The van der Waals surface area contributed by atoms with Gasteiger partial charge >= 0.3 is 0 Å². The third-order valence-electron chi connectivity index (χ3n) is 3.31. The molecule has 5 nitrogen and oxygen atoms in total. The van der Waals surface area contributed by atoms with Crippen molar-refractivity contribution in [1.29, 1.82) is 0 Å². The molecule has 19 heavy (non-hydrogen) atoms. The third-order valence-corrected chi connectivity index (χ3v) is 3.31. The average molecular weight is 263 g/mol. The van der Waals surface area contributed by atoms with Crippen molar-refractivity contribution >= 4 is 5.91 Å². The fourth-order valence-electron chi connectivity index (χ4n) is 2.39. The van der Waals surface area contributed by atoms with Gasteiger partial charge in [-0.3, -0.25) is 4.79 Å². The molecule has 0 aromatic heterocycles. The van der Waals surface area contributed by atoms with Crippen molar-refractivity contribution in [2.45, 2.75) is 12.1 Å². The number of hydrogen-bond donors (Lipinski definition) is 2. The molecule has 3 N–H and O–H groups in total. The van der Waals surface area contributed by atoms with Gasteiger partial charge in [0.15, 0.2) is 0 Å². The molecule has 1 aromatic carbocycles. The highest BCUT2D eigenvalue weighted by Crippen LogP contribution is 2.34. The van der Waals surface area contributed by atoms with E-state index in [2.05, 4.69) is 5.43 Å². The highest BCUT2D eigenvalue weighted by molar-refractivity contribution is 5.82. The molecule has 1 saturated heterocycles. The van der Waals surface area contributed by atoms with Gasteiger partial charge < -0.3 is 15.5 Å². The Morgan fingerprint density at radius 1 is 1.47 bits per heavy atom. The molecule has 2 atom stereocenters. The topological polar surface area (TPSA) is 67.6 Å². The molecule has 1 amide bonds. The number of primary amides is 1. The van der Waals surface area contributed by atoms with Gasteiger partial charge in [-0.2, -0.15) is 0 Å². The molecule has 0 bridgehead atoms. The van der Waals surface area contributed by atoms with Crippen LogP contribution in [0.3, 0.4) is 0 Å². The van der Waals surface area contributed by atoms with Crippen LogP contribution < -0.4 is 11.2 Å². The van der Waals surface area contributed by atoms with Gasteiger partial charge in [-0.1, -0.05) is 18.2 Å². The summed E-state index contributed by atoms with van der Waals surface area (Å²) in [5, 5.41) is 1.80. The first-order valence-electron chi connectivity index (χ1n) is 6.07. The van der Waals surface area contributed by atoms with Gasteiger partial charge in [0.1, 0.15) is 18.0 Å². The van der Waals surface area contributed by atoms with E-state index in [9.17, 15) is 9.18 Å². The summed E-state index contributed by atoms with van der Waals surface area (Å²) < 4.78 is 19.5. The summed E-state index contributed by atoms with van der Waals surface area (Å²) in [6.45, 7) is 1.05. The molecule has 1 aromatic rings. The minimum Gasteiger partial charge on any atom is -0.368 e. The molecular formula is C13H14FN3O2. The Bertz CT molecular complexity index is 546. The van der Waals surface area contributed by atoms with E-state index in [1.807, 2.05) is 0 Å². The van der Waals surface area contributed by atoms with Crippen molar-refractivity contribution < 1.29 is 13.9 Å². The van der Waals surface area contributed by atoms with Gasteiger partial charge in [0.2, 0.25) is 5.91 Å². The lowest BCUT2D eigenvalue weighted by atomic mass is 10.0. The standard InChI is InChI=1S/C13H14FN3O2/c14-9-4-2-1-3-8(9)12-11-7-10(13(15)18)16-17(11)5-6-19-12/h1-4,7,10,12,16H,5-6H2,(H2,15,18). The Kier molecular flexibility index (Phi) is 2.96. The molecule has 2 unspecified atom stereocenters. The molecule has 3 rings (SSSR count). The molecular weight excluding hydrogens is 249 g/mol. The largest absolute Gasteiger partial charge is 0.368 e. The molecule has 6 heteroatoms. The van der Waals surface area contributed by atoms with Crippen LogP contribution in [0.1, 0.15) is 11.7 Å². The van der Waals surface area contributed by atoms with E-state index in [0.29, 0.717) is 18.7 Å². The zero-order valence-electron chi connectivity index (χ0n) is 10.2. The van der Waals surface area contributed by atoms with Crippen molar-refractivity contribution in [3.8, 4) is 0 Å². The first-order valence-corrected chi connectivity index (χ1v) is 6.07. The number of hydrazine groups is 1. The maximum Gasteiger partial charge on any atom is 0.240 e. The summed E-state index contributed by atoms with van der Waals surface area (Å²) in [7, 11) is 0. The Morgan fingerprint density at radius 3 is 3.00 bits per heavy atom. The normalized spacial score (nSPS) is 25.9. The first-order chi connectivity index (χ1) is 9.16. The molecule has 0 spiro atoms. The van der Waals surface area contributed by atoms with E-state index in [4.69, 9.17) is 10.5 Å². The van der Waals surface area contributed by atoms with Gasteiger partial charge in [-0.05, 0) is 12.1 Å². The van der Waals surface area contributed by atoms with Crippen LogP contribution in [0.2, 0.25) is 0 Å². The predicted molar refractivity (Wildman–Crippen MR) is 66.0 cm³/mol. The smallest absolute Gasteiger partial charge is 0.240 e. The van der Waals surface area contributed by atoms with E-state index in [1.165, 1.54) is 6.07 Å². The predicted octanol–water partition coefficient (Wildman–Crippen LogP) is 0.455. The van der Waals surface area contributed by atoms with Crippen molar-refractivity contribution in [3.63, 3.8) is 0 Å². The van der Waals surface area contributed by atoms with Crippen molar-refractivity contribution in [2.24, 2.45) is 5.73 Å². The van der Waals surface area contributed by atoms with Crippen LogP contribution >= 0.6 is 0 Å². The molecule has 0 radical (unpaired) electrons. The monoisotopic (exact) mass is 263 g/mol. The molecule has 2 aliphatic heterocycles. The minimum atomic E-state index is -0.564. The summed E-state index contributed by atoms with van der Waals surface area (Å²) in [6, 6.07) is 5.90. The molecule has 100 valence electrons. The van der Waals surface area contributed by atoms with Crippen molar-refractivity contribution in [3.05, 3.63) is 47.4 Å². The van der Waals surface area contributed by atoms with Gasteiger partial charge in [-0.25, -0.2) is 9.82 Å². The number of morpholine rings is 1. The van der Waals surface area contributed by atoms with Gasteiger partial charge in [0.05, 0.1) is 18.8 Å². The number of amides is 1. The SMILES string of the molecule is NC(=O)C1C=C2C(c3ccccc3F)OCCN2N1. The quantitative estimate of drug-likeness (QED) is 0.813. The minimum absolute atomic E-state index is 0.322. The second-order valence-electron chi connectivity index (χ2n) is 4.52. The number of fused-ring (bicyclic) bond motifs is 1. The lowest BCUT2D eigenvalue weighted by Crippen LogP contribution is -2.47. The number of benzene rings is 1. The Hall–Kier alpha value is -1.92. The summed E-state index contributed by atoms with van der Waals surface area (Å²) in [4.78, 5) is 11.2. The van der Waals surface area contributed by atoms with Crippen molar-refractivity contribution in [1.82, 2.24) is 10.4 Å². The lowest BCUT2D eigenvalue weighted by Gasteiger charge is -2.34. The number of ether oxygens (including phenoxy) is 1. The molecule has 0 saturated carbocycles. The summed E-state index contributed by atoms with van der Waals surface area (Å²) in [5.41, 5.74) is 9.45. The van der Waals surface area contributed by atoms with E-state index < -0.39 is 18.1 Å². The molecule has 2 aliphatic rings. The lowest BCUT2D eigenvalue weighted by molar-refractivity contribution is -0.119. The fraction of sp³-hybridized carbons (Fsp3) is 0.308. The van der Waals surface area contributed by atoms with E-state index in [1.54, 1.807) is 29.3 Å². The zero-order valence-corrected chi connectivity index (χ0v) is 10.2. The van der Waals surface area contributed by atoms with Crippen molar-refractivity contribution in [2.75, 3.05) is 13.2 Å². The van der Waals surface area contributed by atoms with Gasteiger partial charge in [-0.15, -0.1) is 0 Å². The van der Waals surface area contributed by atoms with Crippen LogP contribution in [0.5, 0.6) is 0 Å². The Morgan fingerprint density at radius 2 is 2.26 bits per heavy atom. The fourth-order valence-corrected chi connectivity index (χ4v) is 2.39. The van der Waals surface area contributed by atoms with Crippen LogP contribution in [-0.2, 0) is 9.53 Å². The van der Waals surface area contributed by atoms with Crippen LogP contribution in [-0.4, -0.2) is 30.1 Å². The summed E-state index contributed by atoms with van der Waals surface area (Å²) in [6.07, 6.45) is 1.19. The van der Waals surface area contributed by atoms with Crippen LogP contribution in [0.25, 0.3) is 0 Å². The number of hydrogen-bond acceptors (Lipinski definition) is 4. The van der Waals surface area contributed by atoms with Gasteiger partial charge in [0, 0.05) is 5.56 Å².